The topological polar surface area (TPSA) is 113 Å². The van der Waals surface area contributed by atoms with Crippen molar-refractivity contribution in [2.45, 2.75) is 19.8 Å². The van der Waals surface area contributed by atoms with Crippen molar-refractivity contribution in [1.29, 1.82) is 0 Å². The number of nitrogen functional groups attached to an aromatic ring is 1. The van der Waals surface area contributed by atoms with Gasteiger partial charge >= 0.3 is 0 Å². The first-order chi connectivity index (χ1) is 8.10. The third kappa shape index (κ3) is 3.20. The summed E-state index contributed by atoms with van der Waals surface area (Å²) in [5.74, 6) is -0.503. The van der Waals surface area contributed by atoms with Crippen LogP contribution in [0.1, 0.15) is 29.5 Å². The number of H-pyrrole nitrogens is 1. The fourth-order valence-electron chi connectivity index (χ4n) is 1.33. The number of rotatable bonds is 5. The van der Waals surface area contributed by atoms with Gasteiger partial charge in [-0.2, -0.15) is 5.10 Å². The first kappa shape index (κ1) is 13.0. The Labute approximate surface area is 99.1 Å². The molecule has 1 aromatic rings. The van der Waals surface area contributed by atoms with E-state index >= 15 is 0 Å². The normalized spacial score (nSPS) is 10.0. The minimum absolute atomic E-state index is 0.130. The van der Waals surface area contributed by atoms with E-state index in [0.717, 1.165) is 5.69 Å². The van der Waals surface area contributed by atoms with E-state index in [1.54, 1.807) is 7.05 Å². The Kier molecular flexibility index (Phi) is 4.50. The molecule has 17 heavy (non-hydrogen) atoms. The highest BCUT2D eigenvalue weighted by atomic mass is 16.2. The second-order valence-electron chi connectivity index (χ2n) is 3.50. The van der Waals surface area contributed by atoms with E-state index in [0.29, 0.717) is 12.1 Å². The molecule has 0 saturated heterocycles. The summed E-state index contributed by atoms with van der Waals surface area (Å²) in [5, 5.41) is 11.6. The largest absolute Gasteiger partial charge is 0.395 e. The van der Waals surface area contributed by atoms with Gasteiger partial charge in [0.05, 0.1) is 11.4 Å². The van der Waals surface area contributed by atoms with Crippen LogP contribution >= 0.6 is 0 Å². The van der Waals surface area contributed by atoms with Crippen LogP contribution in [0.4, 0.5) is 5.69 Å². The van der Waals surface area contributed by atoms with Gasteiger partial charge in [0.1, 0.15) is 0 Å². The summed E-state index contributed by atoms with van der Waals surface area (Å²) in [6.45, 7) is 2.17. The molecule has 7 heteroatoms. The summed E-state index contributed by atoms with van der Waals surface area (Å²) in [6, 6.07) is 0. The number of carbonyl (C=O) groups excluding carboxylic acids is 2. The van der Waals surface area contributed by atoms with Crippen molar-refractivity contribution in [3.05, 3.63) is 11.4 Å². The Bertz CT molecular complexity index is 413. The molecule has 1 heterocycles. The summed E-state index contributed by atoms with van der Waals surface area (Å²) in [6.07, 6.45) is 0.914. The second-order valence-corrected chi connectivity index (χ2v) is 3.50. The van der Waals surface area contributed by atoms with Crippen molar-refractivity contribution in [2.75, 3.05) is 19.3 Å². The zero-order valence-electron chi connectivity index (χ0n) is 9.96. The average Bonchev–Trinajstić information content (AvgIpc) is 2.70. The van der Waals surface area contributed by atoms with Crippen LogP contribution in [0.2, 0.25) is 0 Å². The first-order valence-corrected chi connectivity index (χ1v) is 5.41. The van der Waals surface area contributed by atoms with Gasteiger partial charge in [0.15, 0.2) is 5.69 Å². The van der Waals surface area contributed by atoms with E-state index in [9.17, 15) is 9.59 Å². The quantitative estimate of drug-likeness (QED) is 0.550. The number of anilines is 1. The molecule has 0 aliphatic rings. The molecule has 94 valence electrons. The SMILES string of the molecule is CCc1[nH]nc(C(=O)NCCC(=O)NC)c1N. The van der Waals surface area contributed by atoms with Crippen molar-refractivity contribution in [1.82, 2.24) is 20.8 Å². The molecule has 0 radical (unpaired) electrons. The van der Waals surface area contributed by atoms with Gasteiger partial charge in [-0.25, -0.2) is 0 Å². The summed E-state index contributed by atoms with van der Waals surface area (Å²) in [4.78, 5) is 22.6. The monoisotopic (exact) mass is 239 g/mol. The van der Waals surface area contributed by atoms with E-state index in [1.165, 1.54) is 0 Å². The predicted molar refractivity (Wildman–Crippen MR) is 63.4 cm³/mol. The van der Waals surface area contributed by atoms with Crippen LogP contribution in [0.25, 0.3) is 0 Å². The molecule has 0 saturated carbocycles. The van der Waals surface area contributed by atoms with E-state index in [4.69, 9.17) is 5.73 Å². The maximum absolute atomic E-state index is 11.7. The lowest BCUT2D eigenvalue weighted by Crippen LogP contribution is -2.29. The molecule has 5 N–H and O–H groups in total. The van der Waals surface area contributed by atoms with Crippen LogP contribution in [-0.4, -0.2) is 35.6 Å². The summed E-state index contributed by atoms with van der Waals surface area (Å²) in [5.41, 5.74) is 7.02. The molecule has 0 atom stereocenters. The van der Waals surface area contributed by atoms with Crippen LogP contribution in [0.5, 0.6) is 0 Å². The number of nitrogens with one attached hydrogen (secondary N) is 3. The maximum atomic E-state index is 11.7. The fraction of sp³-hybridized carbons (Fsp3) is 0.500. The number of nitrogens with two attached hydrogens (primary N) is 1. The lowest BCUT2D eigenvalue weighted by atomic mass is 10.2. The molecule has 0 fully saturated rings. The van der Waals surface area contributed by atoms with E-state index < -0.39 is 0 Å². The molecular formula is C10H17N5O2. The average molecular weight is 239 g/mol. The zero-order chi connectivity index (χ0) is 12.8. The van der Waals surface area contributed by atoms with Crippen molar-refractivity contribution in [2.24, 2.45) is 0 Å². The molecule has 0 aliphatic carbocycles. The molecule has 2 amide bonds. The van der Waals surface area contributed by atoms with Crippen molar-refractivity contribution in [3.63, 3.8) is 0 Å². The third-order valence-corrected chi connectivity index (χ3v) is 2.37. The van der Waals surface area contributed by atoms with Crippen LogP contribution < -0.4 is 16.4 Å². The lowest BCUT2D eigenvalue weighted by molar-refractivity contribution is -0.120. The zero-order valence-corrected chi connectivity index (χ0v) is 9.96. The Balaban J connectivity index is 2.52. The minimum Gasteiger partial charge on any atom is -0.395 e. The van der Waals surface area contributed by atoms with Gasteiger partial charge in [0.2, 0.25) is 5.91 Å². The molecular weight excluding hydrogens is 222 g/mol. The number of amides is 2. The number of aromatic amines is 1. The Morgan fingerprint density at radius 2 is 2.18 bits per heavy atom. The van der Waals surface area contributed by atoms with Gasteiger partial charge in [-0.3, -0.25) is 14.7 Å². The number of aryl methyl sites for hydroxylation is 1. The molecule has 0 unspecified atom stereocenters. The fourth-order valence-corrected chi connectivity index (χ4v) is 1.33. The van der Waals surface area contributed by atoms with E-state index in [-0.39, 0.29) is 30.5 Å². The third-order valence-electron chi connectivity index (χ3n) is 2.37. The molecule has 0 aromatic carbocycles. The van der Waals surface area contributed by atoms with Gasteiger partial charge < -0.3 is 16.4 Å². The Morgan fingerprint density at radius 3 is 2.71 bits per heavy atom. The van der Waals surface area contributed by atoms with Gasteiger partial charge in [-0.05, 0) is 6.42 Å². The maximum Gasteiger partial charge on any atom is 0.273 e. The number of aromatic nitrogens is 2. The van der Waals surface area contributed by atoms with E-state index in [1.807, 2.05) is 6.92 Å². The number of hydrogen-bond donors (Lipinski definition) is 4. The lowest BCUT2D eigenvalue weighted by Gasteiger charge is -2.03. The van der Waals surface area contributed by atoms with Crippen molar-refractivity contribution >= 4 is 17.5 Å². The van der Waals surface area contributed by atoms with Gasteiger partial charge in [-0.1, -0.05) is 6.92 Å². The number of carbonyl (C=O) groups is 2. The van der Waals surface area contributed by atoms with Crippen molar-refractivity contribution in [3.8, 4) is 0 Å². The molecule has 1 aromatic heterocycles. The summed E-state index contributed by atoms with van der Waals surface area (Å²) < 4.78 is 0. The van der Waals surface area contributed by atoms with Crippen LogP contribution in [0.3, 0.4) is 0 Å². The van der Waals surface area contributed by atoms with Crippen LogP contribution in [0, 0.1) is 0 Å². The first-order valence-electron chi connectivity index (χ1n) is 5.41. The standard InChI is InChI=1S/C10H17N5O2/c1-3-6-8(11)9(15-14-6)10(17)13-5-4-7(16)12-2/h3-5,11H2,1-2H3,(H,12,16)(H,13,17)(H,14,15). The minimum atomic E-state index is -0.373. The molecule has 0 aliphatic heterocycles. The summed E-state index contributed by atoms with van der Waals surface area (Å²) in [7, 11) is 1.55. The Morgan fingerprint density at radius 1 is 1.47 bits per heavy atom. The van der Waals surface area contributed by atoms with Crippen LogP contribution in [0.15, 0.2) is 0 Å². The molecule has 0 bridgehead atoms. The van der Waals surface area contributed by atoms with Crippen LogP contribution in [-0.2, 0) is 11.2 Å². The highest BCUT2D eigenvalue weighted by molar-refractivity contribution is 5.97. The molecule has 0 spiro atoms. The van der Waals surface area contributed by atoms with Crippen molar-refractivity contribution < 1.29 is 9.59 Å². The molecule has 1 rings (SSSR count). The molecule has 7 nitrogen and oxygen atoms in total. The number of nitrogens with zero attached hydrogens (tertiary/aromatic N) is 1. The van der Waals surface area contributed by atoms with Gasteiger partial charge in [0.25, 0.3) is 5.91 Å². The smallest absolute Gasteiger partial charge is 0.273 e. The second kappa shape index (κ2) is 5.88. The highest BCUT2D eigenvalue weighted by Gasteiger charge is 2.15. The highest BCUT2D eigenvalue weighted by Crippen LogP contribution is 2.13. The number of hydrogen-bond acceptors (Lipinski definition) is 4. The van der Waals surface area contributed by atoms with E-state index in [2.05, 4.69) is 20.8 Å². The Hall–Kier alpha value is -2.05. The van der Waals surface area contributed by atoms with Gasteiger partial charge in [0, 0.05) is 20.0 Å². The van der Waals surface area contributed by atoms with Gasteiger partial charge in [-0.15, -0.1) is 0 Å². The summed E-state index contributed by atoms with van der Waals surface area (Å²) >= 11 is 0. The predicted octanol–water partition coefficient (Wildman–Crippen LogP) is -0.580.